The molecule has 1 aromatic carbocycles. The summed E-state index contributed by atoms with van der Waals surface area (Å²) >= 11 is 0. The SMILES string of the molecule is CCC1Oc2c(OC)cc(CO)cc2N(CC(C)C)C1=O. The maximum absolute atomic E-state index is 12.6. The highest BCUT2D eigenvalue weighted by molar-refractivity contribution is 6.00. The minimum Gasteiger partial charge on any atom is -0.493 e. The minimum absolute atomic E-state index is 0.0316. The second kappa shape index (κ2) is 6.35. The van der Waals surface area contributed by atoms with Crippen molar-refractivity contribution in [3.8, 4) is 11.5 Å². The molecule has 1 aromatic rings. The summed E-state index contributed by atoms with van der Waals surface area (Å²) in [5, 5.41) is 9.39. The molecule has 0 fully saturated rings. The molecule has 1 unspecified atom stereocenters. The van der Waals surface area contributed by atoms with E-state index in [-0.39, 0.29) is 12.5 Å². The van der Waals surface area contributed by atoms with E-state index < -0.39 is 6.10 Å². The van der Waals surface area contributed by atoms with Gasteiger partial charge in [-0.2, -0.15) is 0 Å². The minimum atomic E-state index is -0.481. The summed E-state index contributed by atoms with van der Waals surface area (Å²) in [6.07, 6.45) is 0.128. The van der Waals surface area contributed by atoms with E-state index in [4.69, 9.17) is 9.47 Å². The molecule has 5 heteroatoms. The molecule has 1 aliphatic rings. The van der Waals surface area contributed by atoms with Crippen LogP contribution in [-0.2, 0) is 11.4 Å². The number of carbonyl (C=O) groups is 1. The van der Waals surface area contributed by atoms with Gasteiger partial charge in [-0.1, -0.05) is 20.8 Å². The van der Waals surface area contributed by atoms with E-state index in [9.17, 15) is 9.90 Å². The fourth-order valence-electron chi connectivity index (χ4n) is 2.50. The van der Waals surface area contributed by atoms with Crippen molar-refractivity contribution in [2.75, 3.05) is 18.6 Å². The standard InChI is InChI=1S/C16H23NO4/c1-5-13-16(19)17(8-10(2)3)12-6-11(9-18)7-14(20-4)15(12)21-13/h6-7,10,13,18H,5,8-9H2,1-4H3. The molecule has 116 valence electrons. The Morgan fingerprint density at radius 2 is 2.14 bits per heavy atom. The zero-order valence-electron chi connectivity index (χ0n) is 13.0. The van der Waals surface area contributed by atoms with Gasteiger partial charge in [0.2, 0.25) is 0 Å². The summed E-state index contributed by atoms with van der Waals surface area (Å²) in [6, 6.07) is 3.54. The van der Waals surface area contributed by atoms with Gasteiger partial charge in [0.15, 0.2) is 17.6 Å². The van der Waals surface area contributed by atoms with Crippen LogP contribution in [-0.4, -0.2) is 30.8 Å². The predicted molar refractivity (Wildman–Crippen MR) is 80.8 cm³/mol. The lowest BCUT2D eigenvalue weighted by atomic mass is 10.1. The number of hydrogen-bond acceptors (Lipinski definition) is 4. The van der Waals surface area contributed by atoms with Gasteiger partial charge in [0.25, 0.3) is 5.91 Å². The van der Waals surface area contributed by atoms with Crippen LogP contribution in [0.5, 0.6) is 11.5 Å². The number of methoxy groups -OCH3 is 1. The van der Waals surface area contributed by atoms with Crippen molar-refractivity contribution < 1.29 is 19.4 Å². The fourth-order valence-corrected chi connectivity index (χ4v) is 2.50. The highest BCUT2D eigenvalue weighted by Gasteiger charge is 2.35. The largest absolute Gasteiger partial charge is 0.493 e. The van der Waals surface area contributed by atoms with E-state index in [1.807, 2.05) is 6.92 Å². The van der Waals surface area contributed by atoms with E-state index in [0.29, 0.717) is 41.6 Å². The summed E-state index contributed by atoms with van der Waals surface area (Å²) in [6.45, 7) is 6.57. The van der Waals surface area contributed by atoms with Crippen molar-refractivity contribution in [2.45, 2.75) is 39.9 Å². The topological polar surface area (TPSA) is 59.0 Å². The molecule has 1 heterocycles. The third-order valence-electron chi connectivity index (χ3n) is 3.51. The van der Waals surface area contributed by atoms with Crippen molar-refractivity contribution in [2.24, 2.45) is 5.92 Å². The quantitative estimate of drug-likeness (QED) is 0.905. The van der Waals surface area contributed by atoms with Crippen LogP contribution in [0, 0.1) is 5.92 Å². The zero-order valence-corrected chi connectivity index (χ0v) is 13.0. The third kappa shape index (κ3) is 2.97. The summed E-state index contributed by atoms with van der Waals surface area (Å²) in [4.78, 5) is 14.3. The zero-order chi connectivity index (χ0) is 15.6. The lowest BCUT2D eigenvalue weighted by Gasteiger charge is -2.36. The van der Waals surface area contributed by atoms with Gasteiger partial charge >= 0.3 is 0 Å². The number of benzene rings is 1. The second-order valence-corrected chi connectivity index (χ2v) is 5.66. The Kier molecular flexibility index (Phi) is 4.73. The molecule has 0 bridgehead atoms. The molecule has 0 radical (unpaired) electrons. The van der Waals surface area contributed by atoms with Gasteiger partial charge in [0.1, 0.15) is 0 Å². The number of ether oxygens (including phenoxy) is 2. The molecule has 1 aliphatic heterocycles. The maximum atomic E-state index is 12.6. The summed E-state index contributed by atoms with van der Waals surface area (Å²) < 4.78 is 11.2. The number of aliphatic hydroxyl groups excluding tert-OH is 1. The van der Waals surface area contributed by atoms with Crippen LogP contribution in [0.1, 0.15) is 32.8 Å². The fraction of sp³-hybridized carbons (Fsp3) is 0.562. The summed E-state index contributed by atoms with van der Waals surface area (Å²) in [7, 11) is 1.56. The molecule has 0 spiro atoms. The normalized spacial score (nSPS) is 17.7. The molecule has 0 saturated carbocycles. The molecule has 21 heavy (non-hydrogen) atoms. The Balaban J connectivity index is 2.55. The molecule has 0 aliphatic carbocycles. The molecular formula is C16H23NO4. The van der Waals surface area contributed by atoms with Gasteiger partial charge in [-0.3, -0.25) is 4.79 Å². The summed E-state index contributed by atoms with van der Waals surface area (Å²) in [5.41, 5.74) is 1.38. The van der Waals surface area contributed by atoms with Crippen LogP contribution in [0.2, 0.25) is 0 Å². The van der Waals surface area contributed by atoms with Crippen LogP contribution in [0.4, 0.5) is 5.69 Å². The Hall–Kier alpha value is -1.75. The van der Waals surface area contributed by atoms with Crippen LogP contribution < -0.4 is 14.4 Å². The van der Waals surface area contributed by atoms with Crippen LogP contribution in [0.3, 0.4) is 0 Å². The van der Waals surface area contributed by atoms with Gasteiger partial charge in [0.05, 0.1) is 19.4 Å². The van der Waals surface area contributed by atoms with Crippen LogP contribution in [0.25, 0.3) is 0 Å². The summed E-state index contributed by atoms with van der Waals surface area (Å²) in [5.74, 6) is 1.44. The molecule has 0 aromatic heterocycles. The third-order valence-corrected chi connectivity index (χ3v) is 3.51. The van der Waals surface area contributed by atoms with E-state index in [1.165, 1.54) is 0 Å². The van der Waals surface area contributed by atoms with Gasteiger partial charge in [-0.15, -0.1) is 0 Å². The van der Waals surface area contributed by atoms with Crippen molar-refractivity contribution in [3.63, 3.8) is 0 Å². The number of hydrogen-bond donors (Lipinski definition) is 1. The van der Waals surface area contributed by atoms with Gasteiger partial charge in [-0.05, 0) is 30.0 Å². The first kappa shape index (κ1) is 15.6. The molecule has 5 nitrogen and oxygen atoms in total. The lowest BCUT2D eigenvalue weighted by molar-refractivity contribution is -0.126. The van der Waals surface area contributed by atoms with E-state index in [0.717, 1.165) is 0 Å². The Labute approximate surface area is 125 Å². The van der Waals surface area contributed by atoms with Gasteiger partial charge in [-0.25, -0.2) is 0 Å². The monoisotopic (exact) mass is 293 g/mol. The first-order valence-electron chi connectivity index (χ1n) is 7.31. The van der Waals surface area contributed by atoms with Crippen LogP contribution in [0.15, 0.2) is 12.1 Å². The van der Waals surface area contributed by atoms with Crippen molar-refractivity contribution in [1.29, 1.82) is 0 Å². The molecule has 2 rings (SSSR count). The average Bonchev–Trinajstić information content (AvgIpc) is 2.48. The number of anilines is 1. The molecule has 1 amide bonds. The van der Waals surface area contributed by atoms with Crippen molar-refractivity contribution >= 4 is 11.6 Å². The number of amides is 1. The van der Waals surface area contributed by atoms with E-state index in [2.05, 4.69) is 13.8 Å². The maximum Gasteiger partial charge on any atom is 0.268 e. The molecular weight excluding hydrogens is 270 g/mol. The Morgan fingerprint density at radius 1 is 1.43 bits per heavy atom. The van der Waals surface area contributed by atoms with Gasteiger partial charge < -0.3 is 19.5 Å². The lowest BCUT2D eigenvalue weighted by Crippen LogP contribution is -2.47. The van der Waals surface area contributed by atoms with Crippen molar-refractivity contribution in [1.82, 2.24) is 0 Å². The Bertz CT molecular complexity index is 527. The average molecular weight is 293 g/mol. The number of fused-ring (bicyclic) bond motifs is 1. The smallest absolute Gasteiger partial charge is 0.268 e. The number of rotatable bonds is 5. The first-order valence-corrected chi connectivity index (χ1v) is 7.31. The number of carbonyl (C=O) groups excluding carboxylic acids is 1. The van der Waals surface area contributed by atoms with Crippen LogP contribution >= 0.6 is 0 Å². The van der Waals surface area contributed by atoms with E-state index >= 15 is 0 Å². The highest BCUT2D eigenvalue weighted by atomic mass is 16.5. The molecule has 0 saturated heterocycles. The number of aliphatic hydroxyl groups is 1. The highest BCUT2D eigenvalue weighted by Crippen LogP contribution is 2.43. The first-order chi connectivity index (χ1) is 10.0. The number of nitrogens with zero attached hydrogens (tertiary/aromatic N) is 1. The predicted octanol–water partition coefficient (Wildman–Crippen LogP) is 2.35. The van der Waals surface area contributed by atoms with E-state index in [1.54, 1.807) is 24.1 Å². The van der Waals surface area contributed by atoms with Crippen molar-refractivity contribution in [3.05, 3.63) is 17.7 Å². The Morgan fingerprint density at radius 3 is 2.67 bits per heavy atom. The van der Waals surface area contributed by atoms with Gasteiger partial charge in [0, 0.05) is 6.54 Å². The molecule has 1 N–H and O–H groups in total. The molecule has 1 atom stereocenters. The second-order valence-electron chi connectivity index (χ2n) is 5.66.